The number of pyridine rings is 1. The van der Waals surface area contributed by atoms with Crippen molar-refractivity contribution in [1.29, 1.82) is 0 Å². The number of nitrogens with zero attached hydrogens (tertiary/aromatic N) is 2. The molecule has 0 spiro atoms. The number of nitro groups is 1. The fourth-order valence-corrected chi connectivity index (χ4v) is 3.45. The highest BCUT2D eigenvalue weighted by atomic mass is 16.6. The number of amides is 2. The molecule has 2 heterocycles. The van der Waals surface area contributed by atoms with Crippen molar-refractivity contribution in [3.8, 4) is 0 Å². The summed E-state index contributed by atoms with van der Waals surface area (Å²) in [6.45, 7) is 1.57. The lowest BCUT2D eigenvalue weighted by Gasteiger charge is -2.28. The molecule has 9 nitrogen and oxygen atoms in total. The van der Waals surface area contributed by atoms with Gasteiger partial charge < -0.3 is 15.4 Å². The predicted octanol–water partition coefficient (Wildman–Crippen LogP) is 3.51. The Labute approximate surface area is 176 Å². The second-order valence-corrected chi connectivity index (χ2v) is 7.03. The number of esters is 1. The van der Waals surface area contributed by atoms with Crippen LogP contribution in [0.2, 0.25) is 0 Å². The summed E-state index contributed by atoms with van der Waals surface area (Å²) in [7, 11) is 0. The Kier molecular flexibility index (Phi) is 5.31. The molecule has 9 heteroatoms. The van der Waals surface area contributed by atoms with E-state index < -0.39 is 23.0 Å². The van der Waals surface area contributed by atoms with Crippen LogP contribution in [-0.4, -0.2) is 21.9 Å². The van der Waals surface area contributed by atoms with Crippen LogP contribution in [0.4, 0.5) is 10.5 Å². The van der Waals surface area contributed by atoms with Crippen LogP contribution < -0.4 is 10.6 Å². The van der Waals surface area contributed by atoms with Crippen LogP contribution in [0.5, 0.6) is 0 Å². The van der Waals surface area contributed by atoms with Gasteiger partial charge in [-0.1, -0.05) is 30.3 Å². The highest BCUT2D eigenvalue weighted by Crippen LogP contribution is 2.30. The molecule has 1 aliphatic heterocycles. The van der Waals surface area contributed by atoms with Crippen molar-refractivity contribution in [2.75, 3.05) is 0 Å². The summed E-state index contributed by atoms with van der Waals surface area (Å²) in [5.74, 6) is -0.644. The van der Waals surface area contributed by atoms with Crippen LogP contribution in [0.25, 0.3) is 10.9 Å². The predicted molar refractivity (Wildman–Crippen MR) is 112 cm³/mol. The van der Waals surface area contributed by atoms with Gasteiger partial charge >= 0.3 is 12.0 Å². The number of hydrogen-bond acceptors (Lipinski definition) is 6. The van der Waals surface area contributed by atoms with Crippen LogP contribution in [0.15, 0.2) is 72.1 Å². The van der Waals surface area contributed by atoms with E-state index in [1.165, 1.54) is 18.2 Å². The molecule has 0 aliphatic carbocycles. The maximum Gasteiger partial charge on any atom is 0.338 e. The number of aromatic nitrogens is 1. The van der Waals surface area contributed by atoms with Gasteiger partial charge in [-0.15, -0.1) is 0 Å². The number of nitrogens with one attached hydrogen (secondary N) is 2. The Morgan fingerprint density at radius 3 is 2.81 bits per heavy atom. The first-order valence-electron chi connectivity index (χ1n) is 9.46. The highest BCUT2D eigenvalue weighted by Gasteiger charge is 2.33. The summed E-state index contributed by atoms with van der Waals surface area (Å²) >= 11 is 0. The zero-order valence-corrected chi connectivity index (χ0v) is 16.5. The number of nitro benzene ring substituents is 1. The van der Waals surface area contributed by atoms with E-state index in [2.05, 4.69) is 15.6 Å². The largest absolute Gasteiger partial charge is 0.457 e. The van der Waals surface area contributed by atoms with E-state index in [1.54, 1.807) is 19.2 Å². The monoisotopic (exact) mass is 418 g/mol. The minimum atomic E-state index is -0.879. The topological polar surface area (TPSA) is 123 Å². The number of hydrogen-bond donors (Lipinski definition) is 2. The number of fused-ring (bicyclic) bond motifs is 1. The Balaban J connectivity index is 1.59. The average Bonchev–Trinajstić information content (AvgIpc) is 2.77. The van der Waals surface area contributed by atoms with Crippen LogP contribution >= 0.6 is 0 Å². The summed E-state index contributed by atoms with van der Waals surface area (Å²) in [6.07, 6.45) is 1.63. The van der Waals surface area contributed by atoms with Crippen molar-refractivity contribution >= 4 is 28.6 Å². The third-order valence-electron chi connectivity index (χ3n) is 4.92. The fraction of sp³-hybridized carbons (Fsp3) is 0.136. The number of rotatable bonds is 5. The van der Waals surface area contributed by atoms with Gasteiger partial charge in [0.15, 0.2) is 0 Å². The molecule has 0 saturated carbocycles. The van der Waals surface area contributed by atoms with Crippen molar-refractivity contribution in [3.05, 3.63) is 93.3 Å². The first-order valence-corrected chi connectivity index (χ1v) is 9.46. The summed E-state index contributed by atoms with van der Waals surface area (Å²) < 4.78 is 5.49. The normalized spacial score (nSPS) is 15.9. The van der Waals surface area contributed by atoms with E-state index >= 15 is 0 Å². The first-order chi connectivity index (χ1) is 14.9. The molecule has 0 radical (unpaired) electrons. The minimum Gasteiger partial charge on any atom is -0.457 e. The molecule has 2 aromatic carbocycles. The number of benzene rings is 2. The van der Waals surface area contributed by atoms with Gasteiger partial charge in [0.1, 0.15) is 6.61 Å². The van der Waals surface area contributed by atoms with E-state index in [1.807, 2.05) is 30.3 Å². The number of urea groups is 1. The Hall–Kier alpha value is -4.27. The molecule has 2 N–H and O–H groups in total. The lowest BCUT2D eigenvalue weighted by atomic mass is 9.95. The second-order valence-electron chi connectivity index (χ2n) is 7.03. The number of carbonyl (C=O) groups excluding carboxylic acids is 2. The molecule has 0 bridgehead atoms. The highest BCUT2D eigenvalue weighted by molar-refractivity contribution is 5.95. The van der Waals surface area contributed by atoms with Crippen molar-refractivity contribution < 1.29 is 19.2 Å². The zero-order chi connectivity index (χ0) is 22.0. The molecule has 156 valence electrons. The Bertz CT molecular complexity index is 1240. The molecule has 0 fully saturated rings. The SMILES string of the molecule is CC1=C(C(=O)OCc2cnc3ccccc3c2)C(c2cccc([N+](=O)[O-])c2)NC(=O)N1. The summed E-state index contributed by atoms with van der Waals surface area (Å²) in [6, 6.07) is 13.9. The van der Waals surface area contributed by atoms with Crippen LogP contribution in [0.1, 0.15) is 24.1 Å². The lowest BCUT2D eigenvalue weighted by Crippen LogP contribution is -2.45. The van der Waals surface area contributed by atoms with E-state index in [0.717, 1.165) is 10.9 Å². The van der Waals surface area contributed by atoms with Crippen LogP contribution in [-0.2, 0) is 16.1 Å². The zero-order valence-electron chi connectivity index (χ0n) is 16.5. The molecule has 1 aromatic heterocycles. The molecule has 1 aliphatic rings. The van der Waals surface area contributed by atoms with Crippen LogP contribution in [0, 0.1) is 10.1 Å². The molecule has 31 heavy (non-hydrogen) atoms. The molecular weight excluding hydrogens is 400 g/mol. The van der Waals surface area contributed by atoms with Crippen molar-refractivity contribution in [2.45, 2.75) is 19.6 Å². The van der Waals surface area contributed by atoms with Crippen LogP contribution in [0.3, 0.4) is 0 Å². The van der Waals surface area contributed by atoms with Gasteiger partial charge in [0.25, 0.3) is 5.69 Å². The van der Waals surface area contributed by atoms with Crippen molar-refractivity contribution in [3.63, 3.8) is 0 Å². The van der Waals surface area contributed by atoms with Crippen molar-refractivity contribution in [2.24, 2.45) is 0 Å². The van der Waals surface area contributed by atoms with E-state index in [0.29, 0.717) is 16.8 Å². The van der Waals surface area contributed by atoms with Gasteiger partial charge in [-0.3, -0.25) is 15.1 Å². The molecule has 4 rings (SSSR count). The standard InChI is InChI=1S/C22H18N4O5/c1-13-19(20(25-22(28)24-13)16-6-4-7-17(10-16)26(29)30)21(27)31-12-14-9-15-5-2-3-8-18(15)23-11-14/h2-11,20H,12H2,1H3,(H2,24,25,28). The summed E-state index contributed by atoms with van der Waals surface area (Å²) in [5, 5.41) is 17.2. The van der Waals surface area contributed by atoms with Gasteiger partial charge in [-0.25, -0.2) is 9.59 Å². The lowest BCUT2D eigenvalue weighted by molar-refractivity contribution is -0.384. The third-order valence-corrected chi connectivity index (χ3v) is 4.92. The number of carbonyl (C=O) groups is 2. The van der Waals surface area contributed by atoms with Gasteiger partial charge in [0.05, 0.1) is 22.1 Å². The van der Waals surface area contributed by atoms with Crippen molar-refractivity contribution in [1.82, 2.24) is 15.6 Å². The molecule has 1 unspecified atom stereocenters. The van der Waals surface area contributed by atoms with Gasteiger partial charge in [0, 0.05) is 35.0 Å². The number of allylic oxidation sites excluding steroid dienone is 1. The van der Waals surface area contributed by atoms with E-state index in [-0.39, 0.29) is 17.9 Å². The van der Waals surface area contributed by atoms with Gasteiger partial charge in [-0.2, -0.15) is 0 Å². The quantitative estimate of drug-likeness (QED) is 0.371. The fourth-order valence-electron chi connectivity index (χ4n) is 3.45. The Morgan fingerprint density at radius 2 is 2.00 bits per heavy atom. The molecule has 3 aromatic rings. The summed E-state index contributed by atoms with van der Waals surface area (Å²) in [4.78, 5) is 39.9. The minimum absolute atomic E-state index is 0.0109. The van der Waals surface area contributed by atoms with Gasteiger partial charge in [0.2, 0.25) is 0 Å². The van der Waals surface area contributed by atoms with Gasteiger partial charge in [-0.05, 0) is 24.6 Å². The molecule has 2 amide bonds. The summed E-state index contributed by atoms with van der Waals surface area (Å²) in [5.41, 5.74) is 2.31. The van der Waals surface area contributed by atoms with E-state index in [9.17, 15) is 19.7 Å². The number of ether oxygens (including phenoxy) is 1. The maximum absolute atomic E-state index is 12.9. The second kappa shape index (κ2) is 8.23. The molecule has 1 atom stereocenters. The number of para-hydroxylation sites is 1. The van der Waals surface area contributed by atoms with E-state index in [4.69, 9.17) is 4.74 Å². The average molecular weight is 418 g/mol. The molecular formula is C22H18N4O5. The number of non-ortho nitro benzene ring substituents is 1. The maximum atomic E-state index is 12.9. The third kappa shape index (κ3) is 4.20. The molecule has 0 saturated heterocycles. The first kappa shape index (κ1) is 20.0. The Morgan fingerprint density at radius 1 is 1.19 bits per heavy atom. The smallest absolute Gasteiger partial charge is 0.338 e.